The van der Waals surface area contributed by atoms with Gasteiger partial charge in [0.1, 0.15) is 0 Å². The fourth-order valence-electron chi connectivity index (χ4n) is 2.14. The van der Waals surface area contributed by atoms with Crippen LogP contribution in [0.3, 0.4) is 0 Å². The van der Waals surface area contributed by atoms with Crippen molar-refractivity contribution in [2.75, 3.05) is 0 Å². The predicted molar refractivity (Wildman–Crippen MR) is 106 cm³/mol. The summed E-state index contributed by atoms with van der Waals surface area (Å²) in [5.74, 6) is -0.234. The molecule has 1 aliphatic rings. The van der Waals surface area contributed by atoms with Crippen molar-refractivity contribution in [2.24, 2.45) is 4.99 Å². The van der Waals surface area contributed by atoms with Gasteiger partial charge in [0.15, 0.2) is 5.17 Å². The third-order valence-electron chi connectivity index (χ3n) is 3.30. The van der Waals surface area contributed by atoms with Gasteiger partial charge in [-0.15, -0.1) is 4.99 Å². The summed E-state index contributed by atoms with van der Waals surface area (Å²) in [6, 6.07) is 18.0. The topological polar surface area (TPSA) is 65.2 Å². The van der Waals surface area contributed by atoms with Crippen LogP contribution in [0.4, 0.5) is 0 Å². The Balaban J connectivity index is 0.00000225. The summed E-state index contributed by atoms with van der Waals surface area (Å²) in [5, 5.41) is 11.4. The number of nitriles is 1. The summed E-state index contributed by atoms with van der Waals surface area (Å²) < 4.78 is 0. The monoisotopic (exact) mass is 355 g/mol. The van der Waals surface area contributed by atoms with Crippen LogP contribution in [0.15, 0.2) is 64.5 Å². The zero-order valence-electron chi connectivity index (χ0n) is 12.6. The molecule has 0 radical (unpaired) electrons. The van der Waals surface area contributed by atoms with E-state index in [1.807, 2.05) is 60.7 Å². The first-order valence-electron chi connectivity index (χ1n) is 7.25. The van der Waals surface area contributed by atoms with Crippen molar-refractivity contribution in [2.45, 2.75) is 0 Å². The summed E-state index contributed by atoms with van der Waals surface area (Å²) in [4.78, 5) is 15.8. The van der Waals surface area contributed by atoms with Gasteiger partial charge in [0.05, 0.1) is 4.91 Å². The average Bonchev–Trinajstić information content (AvgIpc) is 2.95. The molecule has 1 aliphatic heterocycles. The van der Waals surface area contributed by atoms with E-state index < -0.39 is 0 Å². The van der Waals surface area contributed by atoms with Crippen molar-refractivity contribution in [1.29, 1.82) is 5.26 Å². The van der Waals surface area contributed by atoms with E-state index in [-0.39, 0.29) is 35.5 Å². The molecule has 0 bridgehead atoms. The maximum absolute atomic E-state index is 11.8. The van der Waals surface area contributed by atoms with E-state index in [9.17, 15) is 4.79 Å². The first-order valence-corrected chi connectivity index (χ1v) is 8.07. The van der Waals surface area contributed by atoms with E-state index in [1.54, 1.807) is 12.3 Å². The first kappa shape index (κ1) is 19.2. The van der Waals surface area contributed by atoms with E-state index in [0.717, 1.165) is 28.5 Å². The van der Waals surface area contributed by atoms with Crippen molar-refractivity contribution in [3.63, 3.8) is 0 Å². The molecule has 4 nitrogen and oxygen atoms in total. The Morgan fingerprint density at radius 3 is 2.20 bits per heavy atom. The average molecular weight is 355 g/mol. The van der Waals surface area contributed by atoms with Crippen LogP contribution in [0, 0.1) is 11.5 Å². The zero-order valence-corrected chi connectivity index (χ0v) is 13.5. The summed E-state index contributed by atoms with van der Waals surface area (Å²) >= 11 is 1.16. The van der Waals surface area contributed by atoms with Crippen LogP contribution < -0.4 is 5.32 Å². The molecule has 1 N–H and O–H groups in total. The zero-order chi connectivity index (χ0) is 16.8. The van der Waals surface area contributed by atoms with Gasteiger partial charge >= 0.3 is 29.6 Å². The van der Waals surface area contributed by atoms with E-state index in [1.165, 1.54) is 0 Å². The Bertz CT molecular complexity index is 881. The number of hydrogen-bond acceptors (Lipinski definition) is 4. The molecule has 1 fully saturated rings. The van der Waals surface area contributed by atoms with Crippen LogP contribution in [0.1, 0.15) is 16.7 Å². The molecule has 2 aromatic carbocycles. The normalized spacial score (nSPS) is 16.7. The van der Waals surface area contributed by atoms with Crippen molar-refractivity contribution >= 4 is 70.6 Å². The Morgan fingerprint density at radius 2 is 1.56 bits per heavy atom. The SMILES string of the molecule is N#CN=C1NC(=O)C(=Cc2ccc(C=Cc3ccccc3)cc2)S1.[NaH]. The molecule has 25 heavy (non-hydrogen) atoms. The molecule has 0 unspecified atom stereocenters. The summed E-state index contributed by atoms with van der Waals surface area (Å²) in [7, 11) is 0. The minimum atomic E-state index is -0.234. The van der Waals surface area contributed by atoms with E-state index in [4.69, 9.17) is 5.26 Å². The summed E-state index contributed by atoms with van der Waals surface area (Å²) in [6.45, 7) is 0. The predicted octanol–water partition coefficient (Wildman–Crippen LogP) is 3.25. The number of nitrogens with zero attached hydrogens (tertiary/aromatic N) is 2. The number of nitrogens with one attached hydrogen (secondary N) is 1. The quantitative estimate of drug-likeness (QED) is 0.398. The third kappa shape index (κ3) is 5.45. The second-order valence-corrected chi connectivity index (χ2v) is 6.02. The Labute approximate surface area is 172 Å². The molecule has 6 heteroatoms. The molecule has 1 amide bonds. The van der Waals surface area contributed by atoms with Gasteiger partial charge in [-0.2, -0.15) is 5.26 Å². The van der Waals surface area contributed by atoms with Gasteiger partial charge in [0.25, 0.3) is 5.91 Å². The Morgan fingerprint density at radius 1 is 0.960 bits per heavy atom. The first-order chi connectivity index (χ1) is 11.7. The van der Waals surface area contributed by atoms with Gasteiger partial charge < -0.3 is 0 Å². The standard InChI is InChI=1S/C19H13N3OS.Na.H/c20-13-21-19-22-18(23)17(24-19)12-16-10-8-15(9-11-16)7-6-14-4-2-1-3-5-14;;/h1-12H,(H,21,22,23);;. The van der Waals surface area contributed by atoms with Crippen molar-refractivity contribution in [3.05, 3.63) is 76.2 Å². The molecule has 2 aromatic rings. The number of carbonyl (C=O) groups is 1. The number of amides is 1. The summed E-state index contributed by atoms with van der Waals surface area (Å²) in [5.41, 5.74) is 3.14. The van der Waals surface area contributed by atoms with Crippen LogP contribution in [0.2, 0.25) is 0 Å². The van der Waals surface area contributed by atoms with Gasteiger partial charge in [-0.1, -0.05) is 66.7 Å². The van der Waals surface area contributed by atoms with E-state index >= 15 is 0 Å². The molecule has 3 rings (SSSR count). The molecule has 1 saturated heterocycles. The molecule has 0 aliphatic carbocycles. The number of amidine groups is 1. The van der Waals surface area contributed by atoms with Gasteiger partial charge in [-0.05, 0) is 34.5 Å². The van der Waals surface area contributed by atoms with E-state index in [0.29, 0.717) is 10.1 Å². The fraction of sp³-hybridized carbons (Fsp3) is 0. The Kier molecular flexibility index (Phi) is 7.23. The molecule has 1 heterocycles. The van der Waals surface area contributed by atoms with Crippen LogP contribution in [0.5, 0.6) is 0 Å². The number of rotatable bonds is 3. The van der Waals surface area contributed by atoms with Crippen molar-refractivity contribution in [3.8, 4) is 6.19 Å². The van der Waals surface area contributed by atoms with Gasteiger partial charge in [0.2, 0.25) is 6.19 Å². The molecule has 0 atom stereocenters. The fourth-order valence-corrected chi connectivity index (χ4v) is 2.91. The maximum atomic E-state index is 11.8. The second-order valence-electron chi connectivity index (χ2n) is 4.99. The number of hydrogen-bond donors (Lipinski definition) is 1. The molecule has 0 saturated carbocycles. The second kappa shape index (κ2) is 9.40. The van der Waals surface area contributed by atoms with E-state index in [2.05, 4.69) is 16.4 Å². The molecule has 0 spiro atoms. The molecule has 0 aromatic heterocycles. The summed E-state index contributed by atoms with van der Waals surface area (Å²) in [6.07, 6.45) is 7.55. The van der Waals surface area contributed by atoms with Crippen LogP contribution >= 0.6 is 11.8 Å². The van der Waals surface area contributed by atoms with Crippen LogP contribution in [-0.4, -0.2) is 40.6 Å². The van der Waals surface area contributed by atoms with Gasteiger partial charge in [-0.25, -0.2) is 0 Å². The number of carbonyl (C=O) groups excluding carboxylic acids is 1. The number of thioether (sulfide) groups is 1. The van der Waals surface area contributed by atoms with Crippen LogP contribution in [-0.2, 0) is 4.79 Å². The van der Waals surface area contributed by atoms with Gasteiger partial charge in [0, 0.05) is 0 Å². The Hall–Kier alpha value is -2.10. The molecular weight excluding hydrogens is 341 g/mol. The van der Waals surface area contributed by atoms with Gasteiger partial charge in [-0.3, -0.25) is 10.1 Å². The molecule has 118 valence electrons. The van der Waals surface area contributed by atoms with Crippen LogP contribution in [0.25, 0.3) is 18.2 Å². The van der Waals surface area contributed by atoms with Crippen molar-refractivity contribution in [1.82, 2.24) is 5.32 Å². The molecular formula is C19H14N3NaOS. The number of aliphatic imine (C=N–C) groups is 1. The number of benzene rings is 2. The minimum absolute atomic E-state index is 0. The van der Waals surface area contributed by atoms with Crippen molar-refractivity contribution < 1.29 is 4.79 Å². The third-order valence-corrected chi connectivity index (χ3v) is 4.21.